The van der Waals surface area contributed by atoms with Crippen molar-refractivity contribution in [1.82, 2.24) is 29.5 Å². The van der Waals surface area contributed by atoms with Gasteiger partial charge < -0.3 is 15.5 Å². The van der Waals surface area contributed by atoms with E-state index in [1.54, 1.807) is 34.6 Å². The number of nitrogens with zero attached hydrogens (tertiary/aromatic N) is 6. The highest BCUT2D eigenvalue weighted by molar-refractivity contribution is 5.96. The fraction of sp³-hybridized carbons (Fsp3) is 0.167. The van der Waals surface area contributed by atoms with Crippen LogP contribution in [0.1, 0.15) is 31.0 Å². The van der Waals surface area contributed by atoms with Crippen molar-refractivity contribution >= 4 is 22.3 Å². The molecule has 200 valence electrons. The second kappa shape index (κ2) is 10.1. The number of nitrogens with one attached hydrogen (secondary N) is 1. The molecule has 0 aliphatic carbocycles. The summed E-state index contributed by atoms with van der Waals surface area (Å²) in [6, 6.07) is 19.0. The van der Waals surface area contributed by atoms with Crippen LogP contribution in [0.2, 0.25) is 0 Å². The Labute approximate surface area is 230 Å². The van der Waals surface area contributed by atoms with Crippen LogP contribution in [0.25, 0.3) is 39.0 Å². The van der Waals surface area contributed by atoms with Gasteiger partial charge in [-0.1, -0.05) is 43.3 Å². The molecule has 4 heterocycles. The third kappa shape index (κ3) is 4.39. The largest absolute Gasteiger partial charge is 0.421 e. The van der Waals surface area contributed by atoms with E-state index < -0.39 is 0 Å². The molecule has 6 rings (SSSR count). The average molecular weight is 533 g/mol. The summed E-state index contributed by atoms with van der Waals surface area (Å²) >= 11 is 0. The van der Waals surface area contributed by atoms with E-state index in [-0.39, 0.29) is 17.5 Å². The summed E-state index contributed by atoms with van der Waals surface area (Å²) in [6.45, 7) is 3.77. The quantitative estimate of drug-likeness (QED) is 0.284. The van der Waals surface area contributed by atoms with Crippen molar-refractivity contribution in [2.24, 2.45) is 7.05 Å². The highest BCUT2D eigenvalue weighted by Gasteiger charge is 2.24. The highest BCUT2D eigenvalue weighted by Crippen LogP contribution is 2.35. The number of pyridine rings is 2. The molecule has 2 aromatic carbocycles. The van der Waals surface area contributed by atoms with Crippen molar-refractivity contribution in [3.8, 4) is 28.3 Å². The van der Waals surface area contributed by atoms with Crippen molar-refractivity contribution in [2.45, 2.75) is 26.3 Å². The number of aryl methyl sites for hydroxylation is 2. The van der Waals surface area contributed by atoms with Gasteiger partial charge in [-0.2, -0.15) is 5.10 Å². The van der Waals surface area contributed by atoms with Crippen molar-refractivity contribution in [2.75, 3.05) is 11.1 Å². The lowest BCUT2D eigenvalue weighted by Gasteiger charge is -2.24. The normalized spacial score (nSPS) is 12.1. The number of rotatable bonds is 7. The Bertz CT molecular complexity index is 1890. The number of nitrogens with two attached hydrogens (primary N) is 1. The molecule has 0 fully saturated rings. The Balaban J connectivity index is 1.56. The van der Waals surface area contributed by atoms with E-state index in [1.807, 2.05) is 61.8 Å². The maximum Gasteiger partial charge on any atom is 0.263 e. The van der Waals surface area contributed by atoms with Crippen molar-refractivity contribution in [3.05, 3.63) is 101 Å². The lowest BCUT2D eigenvalue weighted by molar-refractivity contribution is 0.533. The predicted octanol–water partition coefficient (Wildman–Crippen LogP) is 5.29. The Morgan fingerprint density at radius 3 is 2.60 bits per heavy atom. The molecule has 0 saturated carbocycles. The van der Waals surface area contributed by atoms with Gasteiger partial charge >= 0.3 is 0 Å². The zero-order valence-electron chi connectivity index (χ0n) is 22.4. The molecule has 0 radical (unpaired) electrons. The summed E-state index contributed by atoms with van der Waals surface area (Å²) in [5.74, 6) is 1.19. The SMILES string of the molecule is CC[C@H](Nc1nccc(N)c1-c1nnc(C)o1)c1cc2cccc(-c3cnn(C)c3)c2c(=O)n1-c1ccccc1. The van der Waals surface area contributed by atoms with E-state index in [1.165, 1.54) is 0 Å². The van der Waals surface area contributed by atoms with Gasteiger partial charge in [0.25, 0.3) is 11.4 Å². The molecule has 10 nitrogen and oxygen atoms in total. The second-order valence-electron chi connectivity index (χ2n) is 9.57. The standard InChI is InChI=1S/C30H28N8O2/c1-4-24(34-28-27(23(31)13-14-32-28)29-36-35-18(2)40-29)25-15-19-9-8-12-22(20-16-33-37(3)17-20)26(19)30(39)38(25)21-10-6-5-7-11-21/h5-17,24H,4H2,1-3H3,(H3,31,32,34)/t24-/m0/s1. The predicted molar refractivity (Wildman–Crippen MR) is 155 cm³/mol. The van der Waals surface area contributed by atoms with Gasteiger partial charge in [0.05, 0.1) is 17.6 Å². The molecule has 0 aliphatic heterocycles. The van der Waals surface area contributed by atoms with Crippen LogP contribution in [-0.2, 0) is 7.05 Å². The van der Waals surface area contributed by atoms with E-state index in [9.17, 15) is 4.79 Å². The zero-order valence-corrected chi connectivity index (χ0v) is 22.4. The molecule has 0 bridgehead atoms. The van der Waals surface area contributed by atoms with Gasteiger partial charge in [0.2, 0.25) is 5.89 Å². The molecule has 10 heteroatoms. The van der Waals surface area contributed by atoms with Gasteiger partial charge in [-0.25, -0.2) is 4.98 Å². The van der Waals surface area contributed by atoms with Crippen molar-refractivity contribution in [3.63, 3.8) is 0 Å². The third-order valence-corrected chi connectivity index (χ3v) is 6.90. The first-order valence-corrected chi connectivity index (χ1v) is 13.0. The monoisotopic (exact) mass is 532 g/mol. The molecule has 0 amide bonds. The van der Waals surface area contributed by atoms with Crippen LogP contribution in [0.3, 0.4) is 0 Å². The van der Waals surface area contributed by atoms with Crippen LogP contribution in [0.15, 0.2) is 88.5 Å². The number of para-hydroxylation sites is 1. The van der Waals surface area contributed by atoms with Gasteiger partial charge in [-0.05, 0) is 41.6 Å². The Morgan fingerprint density at radius 1 is 1.07 bits per heavy atom. The minimum Gasteiger partial charge on any atom is -0.421 e. The number of fused-ring (bicyclic) bond motifs is 1. The molecule has 0 unspecified atom stereocenters. The van der Waals surface area contributed by atoms with Gasteiger partial charge in [-0.3, -0.25) is 14.0 Å². The van der Waals surface area contributed by atoms with Gasteiger partial charge in [-0.15, -0.1) is 10.2 Å². The van der Waals surface area contributed by atoms with Gasteiger partial charge in [0.1, 0.15) is 11.4 Å². The second-order valence-corrected chi connectivity index (χ2v) is 9.57. The van der Waals surface area contributed by atoms with Crippen LogP contribution in [0, 0.1) is 6.92 Å². The first-order chi connectivity index (χ1) is 19.4. The molecular weight excluding hydrogens is 504 g/mol. The number of hydrogen-bond acceptors (Lipinski definition) is 8. The van der Waals surface area contributed by atoms with E-state index in [0.717, 1.165) is 27.9 Å². The van der Waals surface area contributed by atoms with E-state index >= 15 is 0 Å². The molecule has 6 aromatic rings. The molecule has 0 spiro atoms. The van der Waals surface area contributed by atoms with Crippen LogP contribution >= 0.6 is 0 Å². The van der Waals surface area contributed by atoms with Crippen LogP contribution in [0.4, 0.5) is 11.5 Å². The van der Waals surface area contributed by atoms with Gasteiger partial charge in [0, 0.05) is 49.0 Å². The van der Waals surface area contributed by atoms with E-state index in [0.29, 0.717) is 34.8 Å². The average Bonchev–Trinajstić information content (AvgIpc) is 3.59. The fourth-order valence-corrected chi connectivity index (χ4v) is 5.04. The summed E-state index contributed by atoms with van der Waals surface area (Å²) in [7, 11) is 1.86. The molecular formula is C30H28N8O2. The fourth-order valence-electron chi connectivity index (χ4n) is 5.04. The lowest BCUT2D eigenvalue weighted by Crippen LogP contribution is -2.27. The topological polar surface area (TPSA) is 130 Å². The summed E-state index contributed by atoms with van der Waals surface area (Å²) in [6.07, 6.45) is 5.97. The Hall–Kier alpha value is -5.25. The smallest absolute Gasteiger partial charge is 0.263 e. The molecule has 0 aliphatic rings. The molecule has 4 aromatic heterocycles. The summed E-state index contributed by atoms with van der Waals surface area (Å²) < 4.78 is 9.20. The van der Waals surface area contributed by atoms with E-state index in [4.69, 9.17) is 10.2 Å². The first-order valence-electron chi connectivity index (χ1n) is 13.0. The number of benzene rings is 2. The number of anilines is 2. The number of hydrogen-bond donors (Lipinski definition) is 2. The summed E-state index contributed by atoms with van der Waals surface area (Å²) in [4.78, 5) is 19.0. The zero-order chi connectivity index (χ0) is 27.8. The third-order valence-electron chi connectivity index (χ3n) is 6.90. The lowest BCUT2D eigenvalue weighted by atomic mass is 9.99. The highest BCUT2D eigenvalue weighted by atomic mass is 16.4. The summed E-state index contributed by atoms with van der Waals surface area (Å²) in [5, 5.41) is 17.4. The maximum atomic E-state index is 14.4. The van der Waals surface area contributed by atoms with Crippen molar-refractivity contribution in [1.29, 1.82) is 0 Å². The van der Waals surface area contributed by atoms with Crippen LogP contribution in [0.5, 0.6) is 0 Å². The number of aromatic nitrogens is 6. The Morgan fingerprint density at radius 2 is 1.90 bits per heavy atom. The van der Waals surface area contributed by atoms with Crippen LogP contribution < -0.4 is 16.6 Å². The maximum absolute atomic E-state index is 14.4. The molecule has 1 atom stereocenters. The summed E-state index contributed by atoms with van der Waals surface area (Å²) in [5.41, 5.74) is 10.5. The minimum absolute atomic E-state index is 0.119. The number of nitrogen functional groups attached to an aromatic ring is 1. The first kappa shape index (κ1) is 25.1. The molecule has 0 saturated heterocycles. The Kier molecular flexibility index (Phi) is 6.35. The van der Waals surface area contributed by atoms with Crippen LogP contribution in [-0.4, -0.2) is 29.5 Å². The van der Waals surface area contributed by atoms with E-state index in [2.05, 4.69) is 38.6 Å². The molecule has 3 N–H and O–H groups in total. The van der Waals surface area contributed by atoms with Crippen molar-refractivity contribution < 1.29 is 4.42 Å². The van der Waals surface area contributed by atoms with Gasteiger partial charge in [0.15, 0.2) is 0 Å². The molecule has 40 heavy (non-hydrogen) atoms. The minimum atomic E-state index is -0.309.